The van der Waals surface area contributed by atoms with Crippen LogP contribution in [0.5, 0.6) is 17.6 Å². The minimum atomic E-state index is -4.49. The molecule has 11 rings (SSSR count). The highest BCUT2D eigenvalue weighted by molar-refractivity contribution is 7.55. The topological polar surface area (TPSA) is 616 Å². The molecule has 12 N–H and O–H groups in total. The Labute approximate surface area is 874 Å². The van der Waals surface area contributed by atoms with E-state index in [1.807, 2.05) is 98.7 Å². The van der Waals surface area contributed by atoms with Crippen LogP contribution in [0.1, 0.15) is 232 Å². The van der Waals surface area contributed by atoms with Gasteiger partial charge in [0.05, 0.1) is 97.3 Å². The fourth-order valence-corrected chi connectivity index (χ4v) is 22.3. The van der Waals surface area contributed by atoms with Gasteiger partial charge in [0.15, 0.2) is 52.2 Å². The van der Waals surface area contributed by atoms with Crippen molar-refractivity contribution in [1.82, 2.24) is 89.1 Å². The number of hydrogen-bond acceptors (Lipinski definition) is 39. The molecule has 0 amide bonds. The van der Waals surface area contributed by atoms with Crippen molar-refractivity contribution in [3.63, 3.8) is 0 Å². The van der Waals surface area contributed by atoms with E-state index in [4.69, 9.17) is 70.4 Å². The smallest absolute Gasteiger partial charge is 0.342 e. The highest BCUT2D eigenvalue weighted by Crippen LogP contribution is 2.50. The minimum Gasteiger partial charge on any atom is -0.479 e. The number of nitrogens with one attached hydrogen (secondary N) is 6. The number of carbonyl (C=O) groups is 6. The summed E-state index contributed by atoms with van der Waals surface area (Å²) in [5, 5.41) is 85.4. The monoisotopic (exact) mass is 2170 g/mol. The van der Waals surface area contributed by atoms with Gasteiger partial charge in [-0.2, -0.15) is 15.0 Å². The summed E-state index contributed by atoms with van der Waals surface area (Å²) >= 11 is 0. The summed E-state index contributed by atoms with van der Waals surface area (Å²) in [6, 6.07) is 11.4. The van der Waals surface area contributed by atoms with E-state index in [0.29, 0.717) is 51.9 Å². The molecule has 0 radical (unpaired) electrons. The number of aromatic nitrogens is 12. The van der Waals surface area contributed by atoms with E-state index in [0.717, 1.165) is 17.5 Å². The second kappa shape index (κ2) is 54.9. The molecule has 6 unspecified atom stereocenters. The van der Waals surface area contributed by atoms with Crippen LogP contribution >= 0.6 is 23.0 Å². The number of methoxy groups -OCH3 is 2. The number of hydrogen-bond donors (Lipinski definition) is 12. The van der Waals surface area contributed by atoms with Crippen molar-refractivity contribution in [2.75, 3.05) is 53.9 Å². The van der Waals surface area contributed by atoms with Gasteiger partial charge in [-0.1, -0.05) is 123 Å². The third-order valence-electron chi connectivity index (χ3n) is 23.7. The summed E-state index contributed by atoms with van der Waals surface area (Å²) in [7, 11) is -10.2. The first-order chi connectivity index (χ1) is 70.4. The van der Waals surface area contributed by atoms with E-state index in [1.165, 1.54) is 67.7 Å². The predicted molar refractivity (Wildman–Crippen MR) is 549 cm³/mol. The Morgan fingerprint density at radius 2 is 0.640 bits per heavy atom. The molecular formula is C99H155N18O30P3. The molecule has 3 aliphatic rings. The number of ether oxygens (including phenoxy) is 12. The summed E-state index contributed by atoms with van der Waals surface area (Å²) in [4.78, 5) is 118. The van der Waals surface area contributed by atoms with Gasteiger partial charge in [-0.3, -0.25) is 56.2 Å². The van der Waals surface area contributed by atoms with Gasteiger partial charge in [0.25, 0.3) is 0 Å². The molecule has 19 atom stereocenters. The molecule has 3 saturated heterocycles. The third-order valence-corrected chi connectivity index (χ3v) is 29.1. The van der Waals surface area contributed by atoms with Crippen LogP contribution in [-0.2, 0) is 112 Å². The zero-order valence-corrected chi connectivity index (χ0v) is 93.3. The Morgan fingerprint density at radius 3 is 0.893 bits per heavy atom. The maximum Gasteiger partial charge on any atom is 0.342 e. The molecule has 3 fully saturated rings. The first kappa shape index (κ1) is 124. The predicted octanol–water partition coefficient (Wildman–Crippen LogP) is 9.96. The molecule has 836 valence electrons. The number of aryl methyl sites for hydroxylation is 3. The van der Waals surface area contributed by atoms with E-state index < -0.39 is 211 Å². The van der Waals surface area contributed by atoms with Crippen molar-refractivity contribution in [3.05, 3.63) is 108 Å². The van der Waals surface area contributed by atoms with Crippen molar-refractivity contribution in [2.24, 2.45) is 23.7 Å². The normalized spacial score (nSPS) is 23.0. The van der Waals surface area contributed by atoms with Crippen molar-refractivity contribution in [3.8, 4) is 17.6 Å². The Kier molecular flexibility index (Phi) is 45.3. The van der Waals surface area contributed by atoms with E-state index in [2.05, 4.69) is 75.4 Å². The number of aliphatic hydroxyl groups is 6. The molecule has 51 heteroatoms. The molecule has 9 heterocycles. The highest BCUT2D eigenvalue weighted by Gasteiger charge is 2.58. The van der Waals surface area contributed by atoms with Gasteiger partial charge in [-0.15, -0.1) is 0 Å². The SMILES string of the molecule is CCCOc1nc(C)nc2c1ncn2[C@@H]1O[C@H](COP(=O)(N[C@@H](CC(C)C)C(=O)OCC)N[C@@H](CC(C)C)C(=O)OCC)C(O)[C@]1(C)O.COc1nc(C)nc2c1ncn2[C@@H]1O[C@H](COP(=O)(NC(Cc2ccccc2)C(=O)OC(C)C)NC(Cc2ccccc2)C(=O)OC(C)C)C(O)[C@]1(C)O.COc1nc(C)nc2c1ncn2[C@@H]1O[C@H](COP(=O)(N[C@@H](CC(C)C)C(=O)OC(C)C)N[C@H](CC(C)C)C(=O)OC(C)C)C(O)[C@]1(C)O. The molecule has 48 nitrogen and oxygen atoms in total. The summed E-state index contributed by atoms with van der Waals surface area (Å²) in [5.74, 6) is -2.12. The number of imidazole rings is 3. The second-order valence-electron chi connectivity index (χ2n) is 40.5. The van der Waals surface area contributed by atoms with Crippen LogP contribution in [0.4, 0.5) is 0 Å². The summed E-state index contributed by atoms with van der Waals surface area (Å²) in [5.41, 5.74) is -2.34. The first-order valence-electron chi connectivity index (χ1n) is 50.6. The van der Waals surface area contributed by atoms with Crippen molar-refractivity contribution in [2.45, 2.75) is 351 Å². The van der Waals surface area contributed by atoms with Crippen LogP contribution in [0.15, 0.2) is 79.6 Å². The first-order valence-corrected chi connectivity index (χ1v) is 55.5. The molecule has 6 aromatic heterocycles. The van der Waals surface area contributed by atoms with Crippen LogP contribution in [0.2, 0.25) is 0 Å². The quantitative estimate of drug-likeness (QED) is 0.00957. The van der Waals surface area contributed by atoms with Crippen LogP contribution < -0.4 is 44.7 Å². The van der Waals surface area contributed by atoms with Gasteiger partial charge in [-0.05, 0) is 191 Å². The summed E-state index contributed by atoms with van der Waals surface area (Å²) in [6.45, 7) is 42.2. The molecule has 2 aromatic carbocycles. The standard InChI is InChI=1S/C37H49N6O10P.2C31H53N6O10P/c1-22(2)51-34(45)27(18-25-14-10-8-11-15-25)41-54(48,42-28(35(46)52-23(3)4)19-26-16-12-9-13-17-26)50-20-29-31(44)37(6,47)36(53-29)43-21-38-30-32(43)39-24(5)40-33(30)49-7;1-16(2)12-21(28(39)45-18(5)6)35-48(42,36-22(13-17(3)4)29(40)46-19(7)8)44-14-23-25(38)31(10,41)30(47-23)37-15-32-24-26(37)33-20(9)34-27(24)43-11;1-10-13-45-27-24-26(33-20(8)34-27)37(17-32-24)30-31(9,41)25(38)23(47-30)16-46-48(42,35-21(14-18(4)5)28(39)43-11-2)36-22(15-19(6)7)29(40)44-12-3/h8-17,21-23,27-29,31,36,44,47H,18-20H2,1-7H3,(H2,41,42,48);15-19,21-23,25,30,38,41H,12-14H2,1-11H3,(H2,35,36,42);17-19,21-23,25,30,38,41H,10-16H2,1-9H3,(H2,35,36,42)/t27?,28?,29-,31?,36-,37+,54?;21-,22+,23-,25?,30-,31+,48?;21-,22-,23+,25?,30+,31-/m110/s1. The molecule has 0 spiro atoms. The maximum atomic E-state index is 15.1. The van der Waals surface area contributed by atoms with Crippen molar-refractivity contribution in [1.29, 1.82) is 0 Å². The summed E-state index contributed by atoms with van der Waals surface area (Å²) in [6.07, 6.45) is -7.81. The van der Waals surface area contributed by atoms with Gasteiger partial charge >= 0.3 is 58.8 Å². The number of rotatable bonds is 53. The number of esters is 6. The average molecular weight is 2170 g/mol. The van der Waals surface area contributed by atoms with E-state index in [9.17, 15) is 68.5 Å². The molecule has 0 saturated carbocycles. The van der Waals surface area contributed by atoms with Gasteiger partial charge in [0, 0.05) is 0 Å². The molecule has 0 aliphatic carbocycles. The largest absolute Gasteiger partial charge is 0.479 e. The van der Waals surface area contributed by atoms with Crippen molar-refractivity contribution >= 4 is 92.3 Å². The van der Waals surface area contributed by atoms with Gasteiger partial charge < -0.3 is 101 Å². The minimum absolute atomic E-state index is 0.00180. The molecule has 8 aromatic rings. The fraction of sp³-hybridized carbons (Fsp3) is 0.667. The highest BCUT2D eigenvalue weighted by atomic mass is 31.2. The fourth-order valence-electron chi connectivity index (χ4n) is 16.8. The van der Waals surface area contributed by atoms with E-state index >= 15 is 4.57 Å². The van der Waals surface area contributed by atoms with E-state index in [-0.39, 0.29) is 98.7 Å². The number of fused-ring (bicyclic) bond motifs is 3. The van der Waals surface area contributed by atoms with Gasteiger partial charge in [-0.25, -0.2) is 60.4 Å². The van der Waals surface area contributed by atoms with Crippen molar-refractivity contribution < 1.29 is 144 Å². The third kappa shape index (κ3) is 33.4. The zero-order chi connectivity index (χ0) is 111. The molecule has 150 heavy (non-hydrogen) atoms. The van der Waals surface area contributed by atoms with Gasteiger partial charge in [0.2, 0.25) is 17.6 Å². The van der Waals surface area contributed by atoms with Crippen LogP contribution in [0.25, 0.3) is 33.5 Å². The van der Waals surface area contributed by atoms with Gasteiger partial charge in [0.1, 0.15) is 107 Å². The Morgan fingerprint density at radius 1 is 0.387 bits per heavy atom. The maximum absolute atomic E-state index is 15.1. The van der Waals surface area contributed by atoms with Crippen LogP contribution in [0.3, 0.4) is 0 Å². The molecular weight excluding hydrogens is 2010 g/mol. The van der Waals surface area contributed by atoms with Crippen LogP contribution in [0, 0.1) is 44.4 Å². The number of carbonyl (C=O) groups excluding carboxylic acids is 6. The van der Waals surface area contributed by atoms with Crippen LogP contribution in [-0.4, -0.2) is 293 Å². The average Bonchev–Trinajstić information content (AvgIpc) is 1.60. The Hall–Kier alpha value is -9.72. The lowest BCUT2D eigenvalue weighted by Gasteiger charge is -2.31. The van der Waals surface area contributed by atoms with E-state index in [1.54, 1.807) is 114 Å². The Bertz CT molecular complexity index is 5740. The Balaban J connectivity index is 0.000000250. The lowest BCUT2D eigenvalue weighted by molar-refractivity contribution is -0.151. The number of benzene rings is 2. The lowest BCUT2D eigenvalue weighted by Crippen LogP contribution is -2.48. The lowest BCUT2D eigenvalue weighted by atomic mass is 9.96. The summed E-state index contributed by atoms with van der Waals surface area (Å²) < 4.78 is 134. The number of nitrogens with zero attached hydrogens (tertiary/aromatic N) is 12. The second-order valence-corrected chi connectivity index (χ2v) is 46.2. The number of aliphatic hydroxyl groups excluding tert-OH is 3. The molecule has 0 bridgehead atoms. The zero-order valence-electron chi connectivity index (χ0n) is 90.7. The molecule has 3 aliphatic heterocycles.